The molecule has 0 fully saturated rings. The molecular formula is C13H19N3O2S. The van der Waals surface area contributed by atoms with Gasteiger partial charge in [0.2, 0.25) is 0 Å². The monoisotopic (exact) mass is 281 g/mol. The van der Waals surface area contributed by atoms with Crippen LogP contribution in [-0.2, 0) is 4.74 Å². The Balaban J connectivity index is 2.10. The van der Waals surface area contributed by atoms with E-state index in [4.69, 9.17) is 10.5 Å². The molecule has 1 aliphatic rings. The summed E-state index contributed by atoms with van der Waals surface area (Å²) < 4.78 is 5.38. The minimum absolute atomic E-state index is 0.168. The second-order valence-electron chi connectivity index (χ2n) is 5.58. The van der Waals surface area contributed by atoms with Crippen LogP contribution in [-0.4, -0.2) is 40.7 Å². The molecule has 6 heteroatoms. The van der Waals surface area contributed by atoms with Crippen molar-refractivity contribution in [2.75, 3.05) is 13.1 Å². The Bertz CT molecular complexity index is 477. The van der Waals surface area contributed by atoms with Crippen molar-refractivity contribution in [2.24, 2.45) is 5.73 Å². The van der Waals surface area contributed by atoms with Gasteiger partial charge in [0.05, 0.1) is 16.9 Å². The summed E-state index contributed by atoms with van der Waals surface area (Å²) >= 11 is 1.54. The molecule has 104 valence electrons. The maximum atomic E-state index is 12.1. The number of ether oxygens (including phenoxy) is 1. The maximum absolute atomic E-state index is 12.1. The topological polar surface area (TPSA) is 68.5 Å². The zero-order valence-electron chi connectivity index (χ0n) is 11.4. The Kier molecular flexibility index (Phi) is 3.91. The average molecular weight is 281 g/mol. The SMILES string of the molecule is CC(C)(C)OC(=O)N1CC(c2cncs2)=CC(N)C1. The summed E-state index contributed by atoms with van der Waals surface area (Å²) in [4.78, 5) is 18.8. The Morgan fingerprint density at radius 2 is 2.32 bits per heavy atom. The quantitative estimate of drug-likeness (QED) is 0.856. The molecule has 1 aromatic heterocycles. The van der Waals surface area contributed by atoms with Crippen LogP contribution in [0.5, 0.6) is 0 Å². The van der Waals surface area contributed by atoms with E-state index in [-0.39, 0.29) is 12.1 Å². The minimum atomic E-state index is -0.493. The summed E-state index contributed by atoms with van der Waals surface area (Å²) in [5.41, 5.74) is 8.29. The molecule has 1 atom stereocenters. The molecule has 0 spiro atoms. The molecule has 1 unspecified atom stereocenters. The third-order valence-corrected chi connectivity index (χ3v) is 3.46. The van der Waals surface area contributed by atoms with Crippen LogP contribution in [0.1, 0.15) is 25.6 Å². The highest BCUT2D eigenvalue weighted by Crippen LogP contribution is 2.24. The van der Waals surface area contributed by atoms with E-state index in [1.54, 1.807) is 27.9 Å². The second kappa shape index (κ2) is 5.30. The van der Waals surface area contributed by atoms with Gasteiger partial charge in [-0.15, -0.1) is 11.3 Å². The number of carbonyl (C=O) groups excluding carboxylic acids is 1. The molecule has 19 heavy (non-hydrogen) atoms. The van der Waals surface area contributed by atoms with E-state index in [9.17, 15) is 4.79 Å². The van der Waals surface area contributed by atoms with E-state index in [0.717, 1.165) is 10.5 Å². The Morgan fingerprint density at radius 1 is 1.58 bits per heavy atom. The van der Waals surface area contributed by atoms with Gasteiger partial charge in [0.1, 0.15) is 5.60 Å². The first-order chi connectivity index (χ1) is 8.85. The van der Waals surface area contributed by atoms with E-state index in [2.05, 4.69) is 4.98 Å². The van der Waals surface area contributed by atoms with Crippen LogP contribution in [0.15, 0.2) is 17.8 Å². The molecule has 0 aliphatic carbocycles. The minimum Gasteiger partial charge on any atom is -0.444 e. The van der Waals surface area contributed by atoms with E-state index in [1.807, 2.05) is 26.8 Å². The van der Waals surface area contributed by atoms with Crippen LogP contribution < -0.4 is 5.73 Å². The second-order valence-corrected chi connectivity index (χ2v) is 6.47. The molecule has 2 N–H and O–H groups in total. The van der Waals surface area contributed by atoms with Gasteiger partial charge in [-0.2, -0.15) is 0 Å². The van der Waals surface area contributed by atoms with Crippen molar-refractivity contribution in [2.45, 2.75) is 32.4 Å². The van der Waals surface area contributed by atoms with E-state index < -0.39 is 5.60 Å². The predicted octanol–water partition coefficient (Wildman–Crippen LogP) is 2.10. The zero-order valence-corrected chi connectivity index (χ0v) is 12.2. The molecule has 2 rings (SSSR count). The van der Waals surface area contributed by atoms with Crippen LogP contribution >= 0.6 is 11.3 Å². The molecule has 0 bridgehead atoms. The molecule has 0 aromatic carbocycles. The lowest BCUT2D eigenvalue weighted by molar-refractivity contribution is 0.0265. The van der Waals surface area contributed by atoms with Gasteiger partial charge >= 0.3 is 6.09 Å². The molecule has 2 heterocycles. The van der Waals surface area contributed by atoms with Crippen LogP contribution in [0.4, 0.5) is 4.79 Å². The van der Waals surface area contributed by atoms with Gasteiger partial charge in [-0.05, 0) is 26.3 Å². The summed E-state index contributed by atoms with van der Waals surface area (Å²) in [6, 6.07) is -0.168. The first kappa shape index (κ1) is 14.0. The van der Waals surface area contributed by atoms with Crippen molar-refractivity contribution in [3.8, 4) is 0 Å². The lowest BCUT2D eigenvalue weighted by Crippen LogP contribution is -2.46. The Hall–Kier alpha value is -1.40. The zero-order chi connectivity index (χ0) is 14.0. The van der Waals surface area contributed by atoms with Crippen LogP contribution in [0.25, 0.3) is 5.57 Å². The predicted molar refractivity (Wildman–Crippen MR) is 75.9 cm³/mol. The molecule has 1 aromatic rings. The van der Waals surface area contributed by atoms with Crippen molar-refractivity contribution in [3.63, 3.8) is 0 Å². The van der Waals surface area contributed by atoms with E-state index in [0.29, 0.717) is 13.1 Å². The fourth-order valence-electron chi connectivity index (χ4n) is 1.89. The van der Waals surface area contributed by atoms with Gasteiger partial charge in [0, 0.05) is 18.8 Å². The van der Waals surface area contributed by atoms with Gasteiger partial charge in [0.25, 0.3) is 0 Å². The first-order valence-corrected chi connectivity index (χ1v) is 7.06. The highest BCUT2D eigenvalue weighted by Gasteiger charge is 2.27. The molecular weight excluding hydrogens is 262 g/mol. The lowest BCUT2D eigenvalue weighted by Gasteiger charge is -2.32. The molecule has 1 amide bonds. The fraction of sp³-hybridized carbons (Fsp3) is 0.538. The Labute approximate surface area is 117 Å². The highest BCUT2D eigenvalue weighted by atomic mass is 32.1. The Morgan fingerprint density at radius 3 is 2.89 bits per heavy atom. The summed E-state index contributed by atoms with van der Waals surface area (Å²) in [6.07, 6.45) is 3.47. The molecule has 0 radical (unpaired) electrons. The largest absolute Gasteiger partial charge is 0.444 e. The lowest BCUT2D eigenvalue weighted by atomic mass is 10.1. The third-order valence-electron chi connectivity index (χ3n) is 2.61. The number of nitrogens with zero attached hydrogens (tertiary/aromatic N) is 2. The van der Waals surface area contributed by atoms with Gasteiger partial charge in [-0.25, -0.2) is 4.79 Å². The summed E-state index contributed by atoms with van der Waals surface area (Å²) in [6.45, 7) is 6.57. The number of aromatic nitrogens is 1. The smallest absolute Gasteiger partial charge is 0.410 e. The number of hydrogen-bond donors (Lipinski definition) is 1. The first-order valence-electron chi connectivity index (χ1n) is 6.18. The van der Waals surface area contributed by atoms with Crippen LogP contribution in [0.2, 0.25) is 0 Å². The average Bonchev–Trinajstić information content (AvgIpc) is 2.79. The van der Waals surface area contributed by atoms with Gasteiger partial charge in [0.15, 0.2) is 0 Å². The maximum Gasteiger partial charge on any atom is 0.410 e. The van der Waals surface area contributed by atoms with Gasteiger partial charge in [-0.1, -0.05) is 6.08 Å². The summed E-state index contributed by atoms with van der Waals surface area (Å²) in [5.74, 6) is 0. The number of carbonyl (C=O) groups is 1. The molecule has 0 saturated carbocycles. The number of hydrogen-bond acceptors (Lipinski definition) is 5. The normalized spacial score (nSPS) is 20.1. The van der Waals surface area contributed by atoms with Crippen molar-refractivity contribution in [3.05, 3.63) is 22.7 Å². The van der Waals surface area contributed by atoms with Crippen LogP contribution in [0.3, 0.4) is 0 Å². The van der Waals surface area contributed by atoms with Crippen molar-refractivity contribution < 1.29 is 9.53 Å². The molecule has 5 nitrogen and oxygen atoms in total. The number of thiazole rings is 1. The fourth-order valence-corrected chi connectivity index (χ4v) is 2.53. The van der Waals surface area contributed by atoms with Crippen LogP contribution in [0, 0.1) is 0 Å². The van der Waals surface area contributed by atoms with E-state index >= 15 is 0 Å². The molecule has 0 saturated heterocycles. The van der Waals surface area contributed by atoms with Crippen molar-refractivity contribution in [1.29, 1.82) is 0 Å². The standard InChI is InChI=1S/C13H19N3O2S/c1-13(2,3)18-12(17)16-6-9(4-10(14)7-16)11-5-15-8-19-11/h4-5,8,10H,6-7,14H2,1-3H3. The van der Waals surface area contributed by atoms with Gasteiger partial charge in [-0.3, -0.25) is 4.98 Å². The number of amides is 1. The number of nitrogens with two attached hydrogens (primary N) is 1. The van der Waals surface area contributed by atoms with Gasteiger partial charge < -0.3 is 15.4 Å². The molecule has 1 aliphatic heterocycles. The van der Waals surface area contributed by atoms with Crippen molar-refractivity contribution >= 4 is 23.0 Å². The summed E-state index contributed by atoms with van der Waals surface area (Å²) in [5, 5.41) is 0. The summed E-state index contributed by atoms with van der Waals surface area (Å²) in [7, 11) is 0. The number of rotatable bonds is 1. The highest BCUT2D eigenvalue weighted by molar-refractivity contribution is 7.10. The van der Waals surface area contributed by atoms with E-state index in [1.165, 1.54) is 0 Å². The third kappa shape index (κ3) is 3.78. The van der Waals surface area contributed by atoms with Crippen molar-refractivity contribution in [1.82, 2.24) is 9.88 Å².